The molecule has 22 heavy (non-hydrogen) atoms. The van der Waals surface area contributed by atoms with Gasteiger partial charge in [0, 0.05) is 37.9 Å². The van der Waals surface area contributed by atoms with Gasteiger partial charge in [0.2, 0.25) is 5.95 Å². The van der Waals surface area contributed by atoms with Crippen molar-refractivity contribution in [3.8, 4) is 0 Å². The molecule has 1 N–H and O–H groups in total. The minimum atomic E-state index is -0.199. The van der Waals surface area contributed by atoms with Crippen LogP contribution in [-0.2, 0) is 6.42 Å². The van der Waals surface area contributed by atoms with Gasteiger partial charge in [0.15, 0.2) is 0 Å². The van der Waals surface area contributed by atoms with Crippen LogP contribution in [0.25, 0.3) is 0 Å². The lowest BCUT2D eigenvalue weighted by Gasteiger charge is -2.36. The number of nitrogens with zero attached hydrogens (tertiary/aromatic N) is 3. The Morgan fingerprint density at radius 3 is 2.55 bits per heavy atom. The zero-order valence-electron chi connectivity index (χ0n) is 12.6. The highest BCUT2D eigenvalue weighted by Crippen LogP contribution is 2.21. The Hall–Kier alpha value is -2.37. The Kier molecular flexibility index (Phi) is 4.09. The van der Waals surface area contributed by atoms with Gasteiger partial charge >= 0.3 is 0 Å². The van der Waals surface area contributed by atoms with Crippen LogP contribution in [-0.4, -0.2) is 36.1 Å². The summed E-state index contributed by atoms with van der Waals surface area (Å²) in [7, 11) is 0. The van der Waals surface area contributed by atoms with Crippen LogP contribution >= 0.6 is 0 Å². The number of benzene rings is 1. The van der Waals surface area contributed by atoms with Crippen molar-refractivity contribution in [2.24, 2.45) is 0 Å². The van der Waals surface area contributed by atoms with Gasteiger partial charge in [-0.3, -0.25) is 9.78 Å². The summed E-state index contributed by atoms with van der Waals surface area (Å²) >= 11 is 0. The van der Waals surface area contributed by atoms with Gasteiger partial charge in [-0.05, 0) is 18.6 Å². The molecule has 0 atom stereocenters. The van der Waals surface area contributed by atoms with E-state index in [1.807, 2.05) is 22.8 Å². The summed E-state index contributed by atoms with van der Waals surface area (Å²) in [4.78, 5) is 23.0. The van der Waals surface area contributed by atoms with Crippen molar-refractivity contribution in [3.05, 3.63) is 52.2 Å². The van der Waals surface area contributed by atoms with Gasteiger partial charge in [-0.2, -0.15) is 0 Å². The number of halogens is 1. The Balaban J connectivity index is 1.73. The van der Waals surface area contributed by atoms with Crippen molar-refractivity contribution in [1.82, 2.24) is 9.97 Å². The summed E-state index contributed by atoms with van der Waals surface area (Å²) in [5, 5.41) is 0. The highest BCUT2D eigenvalue weighted by molar-refractivity contribution is 5.49. The molecule has 116 valence electrons. The lowest BCUT2D eigenvalue weighted by atomic mass is 10.2. The molecule has 0 bridgehead atoms. The molecular formula is C16H19FN4O. The van der Waals surface area contributed by atoms with Crippen molar-refractivity contribution in [1.29, 1.82) is 0 Å². The first-order valence-corrected chi connectivity index (χ1v) is 7.52. The second-order valence-electron chi connectivity index (χ2n) is 5.34. The summed E-state index contributed by atoms with van der Waals surface area (Å²) in [5.41, 5.74) is 1.29. The molecule has 5 nitrogen and oxygen atoms in total. The third-order valence-electron chi connectivity index (χ3n) is 3.92. The average molecular weight is 302 g/mol. The van der Waals surface area contributed by atoms with E-state index >= 15 is 0 Å². The molecule has 1 aromatic heterocycles. The van der Waals surface area contributed by atoms with Gasteiger partial charge in [0.1, 0.15) is 5.82 Å². The Morgan fingerprint density at radius 1 is 1.18 bits per heavy atom. The molecule has 0 amide bonds. The molecule has 0 radical (unpaired) electrons. The molecule has 1 saturated heterocycles. The highest BCUT2D eigenvalue weighted by atomic mass is 19.1. The number of anilines is 2. The first-order valence-electron chi connectivity index (χ1n) is 7.52. The highest BCUT2D eigenvalue weighted by Gasteiger charge is 2.20. The van der Waals surface area contributed by atoms with E-state index in [-0.39, 0.29) is 11.4 Å². The summed E-state index contributed by atoms with van der Waals surface area (Å²) in [5.74, 6) is 0.410. The standard InChI is InChI=1S/C16H19FN4O/c1-2-12-11-15(22)19-16(18-12)21-9-7-20(8-10-21)14-6-4-3-5-13(14)17/h3-6,11H,2,7-10H2,1H3,(H,18,19,22). The largest absolute Gasteiger partial charge is 0.366 e. The van der Waals surface area contributed by atoms with Gasteiger partial charge in [0.25, 0.3) is 5.56 Å². The van der Waals surface area contributed by atoms with E-state index in [9.17, 15) is 9.18 Å². The number of rotatable bonds is 3. The molecule has 2 heterocycles. The molecule has 6 heteroatoms. The number of para-hydroxylation sites is 1. The molecule has 1 fully saturated rings. The second kappa shape index (κ2) is 6.17. The lowest BCUT2D eigenvalue weighted by Crippen LogP contribution is -2.47. The van der Waals surface area contributed by atoms with Crippen LogP contribution in [0.4, 0.5) is 16.0 Å². The van der Waals surface area contributed by atoms with Gasteiger partial charge in [0.05, 0.1) is 5.69 Å². The van der Waals surface area contributed by atoms with Gasteiger partial charge < -0.3 is 9.80 Å². The van der Waals surface area contributed by atoms with Crippen LogP contribution in [0.5, 0.6) is 0 Å². The van der Waals surface area contributed by atoms with Gasteiger partial charge in [-0.25, -0.2) is 9.37 Å². The van der Waals surface area contributed by atoms with E-state index in [4.69, 9.17) is 0 Å². The monoisotopic (exact) mass is 302 g/mol. The predicted molar refractivity (Wildman–Crippen MR) is 85.1 cm³/mol. The maximum Gasteiger partial charge on any atom is 0.252 e. The van der Waals surface area contributed by atoms with Gasteiger partial charge in [-0.1, -0.05) is 19.1 Å². The van der Waals surface area contributed by atoms with Crippen molar-refractivity contribution < 1.29 is 4.39 Å². The summed E-state index contributed by atoms with van der Waals surface area (Å²) in [6.45, 7) is 4.76. The van der Waals surface area contributed by atoms with Crippen LogP contribution in [0.2, 0.25) is 0 Å². The summed E-state index contributed by atoms with van der Waals surface area (Å²) in [6, 6.07) is 8.34. The molecule has 2 aromatic rings. The lowest BCUT2D eigenvalue weighted by molar-refractivity contribution is 0.593. The van der Waals surface area contributed by atoms with Gasteiger partial charge in [-0.15, -0.1) is 0 Å². The van der Waals surface area contributed by atoms with E-state index in [0.29, 0.717) is 37.8 Å². The number of hydrogen-bond acceptors (Lipinski definition) is 4. The fourth-order valence-corrected chi connectivity index (χ4v) is 2.69. The van der Waals surface area contributed by atoms with Crippen LogP contribution in [0.3, 0.4) is 0 Å². The van der Waals surface area contributed by atoms with Crippen molar-refractivity contribution in [2.75, 3.05) is 36.0 Å². The fraction of sp³-hybridized carbons (Fsp3) is 0.375. The molecule has 3 rings (SSSR count). The van der Waals surface area contributed by atoms with Crippen LogP contribution < -0.4 is 15.4 Å². The quantitative estimate of drug-likeness (QED) is 0.939. The van der Waals surface area contributed by atoms with Crippen molar-refractivity contribution >= 4 is 11.6 Å². The average Bonchev–Trinajstić information content (AvgIpc) is 2.55. The molecule has 1 aliphatic rings. The smallest absolute Gasteiger partial charge is 0.252 e. The third-order valence-corrected chi connectivity index (χ3v) is 3.92. The molecule has 1 aliphatic heterocycles. The Bertz CT molecular complexity index is 707. The molecule has 0 aliphatic carbocycles. The minimum absolute atomic E-state index is 0.126. The van der Waals surface area contributed by atoms with E-state index in [1.54, 1.807) is 12.1 Å². The number of H-pyrrole nitrogens is 1. The summed E-state index contributed by atoms with van der Waals surface area (Å²) in [6.07, 6.45) is 0.728. The zero-order chi connectivity index (χ0) is 15.5. The normalized spacial score (nSPS) is 15.2. The van der Waals surface area contributed by atoms with Crippen LogP contribution in [0.15, 0.2) is 35.1 Å². The number of nitrogens with one attached hydrogen (secondary N) is 1. The predicted octanol–water partition coefficient (Wildman–Crippen LogP) is 1.80. The molecular weight excluding hydrogens is 283 g/mol. The maximum atomic E-state index is 13.8. The number of aryl methyl sites for hydroxylation is 1. The third kappa shape index (κ3) is 2.95. The van der Waals surface area contributed by atoms with Crippen LogP contribution in [0, 0.1) is 5.82 Å². The number of piperazine rings is 1. The molecule has 0 spiro atoms. The minimum Gasteiger partial charge on any atom is -0.366 e. The number of aromatic nitrogens is 2. The van der Waals surface area contributed by atoms with E-state index in [0.717, 1.165) is 12.1 Å². The SMILES string of the molecule is CCc1cc(=O)[nH]c(N2CCN(c3ccccc3F)CC2)n1. The zero-order valence-corrected chi connectivity index (χ0v) is 12.6. The van der Waals surface area contributed by atoms with E-state index < -0.39 is 0 Å². The first kappa shape index (κ1) is 14.6. The van der Waals surface area contributed by atoms with Crippen molar-refractivity contribution in [2.45, 2.75) is 13.3 Å². The maximum absolute atomic E-state index is 13.8. The number of aromatic amines is 1. The number of hydrogen-bond donors (Lipinski definition) is 1. The second-order valence-corrected chi connectivity index (χ2v) is 5.34. The van der Waals surface area contributed by atoms with Crippen LogP contribution in [0.1, 0.15) is 12.6 Å². The fourth-order valence-electron chi connectivity index (χ4n) is 2.69. The topological polar surface area (TPSA) is 52.2 Å². The molecule has 1 aromatic carbocycles. The first-order chi connectivity index (χ1) is 10.7. The van der Waals surface area contributed by atoms with E-state index in [1.165, 1.54) is 12.1 Å². The molecule has 0 saturated carbocycles. The summed E-state index contributed by atoms with van der Waals surface area (Å²) < 4.78 is 13.8. The van der Waals surface area contributed by atoms with Crippen molar-refractivity contribution in [3.63, 3.8) is 0 Å². The Morgan fingerprint density at radius 2 is 1.86 bits per heavy atom. The molecule has 0 unspecified atom stereocenters. The van der Waals surface area contributed by atoms with E-state index in [2.05, 4.69) is 9.97 Å². The Labute approximate surface area is 128 Å².